The van der Waals surface area contributed by atoms with Crippen LogP contribution < -0.4 is 31.9 Å². The summed E-state index contributed by atoms with van der Waals surface area (Å²) < 4.78 is 0. The quantitative estimate of drug-likeness (QED) is 0.137. The molecule has 1 aromatic heterocycles. The highest BCUT2D eigenvalue weighted by Crippen LogP contribution is 2.31. The van der Waals surface area contributed by atoms with E-state index in [0.717, 1.165) is 36.0 Å². The Morgan fingerprint density at radius 1 is 0.566 bits per heavy atom. The molecule has 2 aromatic carbocycles. The molecule has 0 radical (unpaired) electrons. The van der Waals surface area contributed by atoms with Crippen molar-refractivity contribution in [1.82, 2.24) is 56.5 Å². The standard InChI is InChI=1S/C57H79N11O8/c1-34(58-9)48(69)63-46(56(3,4)5)54(75)67-29-27-65(32-44(67)50(71)60-39-26-25-36-17-11-12-19-38(36)31-39)52(73)42-23-16-24-43(61-42)53(74)66-28-30-68(55(76)47(57(6,7)8)64-49(70)35(2)59-10)45(33-66)51(72)62-41-22-15-20-37-18-13-14-21-40(37)41/h11-14,16-19,21,23-24,34-35,39,41,44-47,58-59H,15,20,22,25-33H2,1-10H3,(H,60,71)(H,62,72)(H,63,69)(H,64,70)/t34-,35-,39-,41+,44-,45-,46+,47+/m0/s1. The maximum atomic E-state index is 14.7. The summed E-state index contributed by atoms with van der Waals surface area (Å²) in [4.78, 5) is 125. The van der Waals surface area contributed by atoms with Crippen LogP contribution >= 0.6 is 0 Å². The molecule has 8 atom stereocenters. The van der Waals surface area contributed by atoms with E-state index in [1.54, 1.807) is 34.0 Å². The zero-order valence-corrected chi connectivity index (χ0v) is 46.0. The monoisotopic (exact) mass is 1050 g/mol. The number of likely N-dealkylation sites (N-methyl/N-ethyl adjacent to an activating group) is 2. The maximum absolute atomic E-state index is 14.7. The lowest BCUT2D eigenvalue weighted by atomic mass is 9.85. The van der Waals surface area contributed by atoms with Crippen molar-refractivity contribution in [3.63, 3.8) is 0 Å². The minimum absolute atomic E-state index is 0.0218. The van der Waals surface area contributed by atoms with Crippen molar-refractivity contribution < 1.29 is 38.4 Å². The third-order valence-electron chi connectivity index (χ3n) is 15.5. The van der Waals surface area contributed by atoms with Gasteiger partial charge in [-0.2, -0.15) is 0 Å². The summed E-state index contributed by atoms with van der Waals surface area (Å²) in [5.74, 6) is -3.64. The molecular formula is C57H79N11O8. The van der Waals surface area contributed by atoms with Gasteiger partial charge in [0.1, 0.15) is 35.6 Å². The Bertz CT molecular complexity index is 2660. The molecule has 4 aliphatic rings. The first-order chi connectivity index (χ1) is 36.0. The van der Waals surface area contributed by atoms with E-state index in [4.69, 9.17) is 0 Å². The minimum Gasteiger partial charge on any atom is -0.351 e. The molecule has 3 heterocycles. The number of fused-ring (bicyclic) bond motifs is 2. The topological polar surface area (TPSA) is 235 Å². The fourth-order valence-electron chi connectivity index (χ4n) is 10.6. The van der Waals surface area contributed by atoms with Gasteiger partial charge >= 0.3 is 0 Å². The maximum Gasteiger partial charge on any atom is 0.272 e. The Morgan fingerprint density at radius 3 is 1.54 bits per heavy atom. The van der Waals surface area contributed by atoms with Crippen molar-refractivity contribution in [2.24, 2.45) is 10.8 Å². The van der Waals surface area contributed by atoms with Crippen molar-refractivity contribution in [3.8, 4) is 0 Å². The van der Waals surface area contributed by atoms with Crippen molar-refractivity contribution in [1.29, 1.82) is 0 Å². The zero-order valence-electron chi connectivity index (χ0n) is 46.0. The molecule has 76 heavy (non-hydrogen) atoms. The highest BCUT2D eigenvalue weighted by Gasteiger charge is 2.46. The molecule has 2 aliphatic heterocycles. The largest absolute Gasteiger partial charge is 0.351 e. The van der Waals surface area contributed by atoms with Crippen LogP contribution in [-0.4, -0.2) is 167 Å². The van der Waals surface area contributed by atoms with Gasteiger partial charge in [-0.05, 0) is 112 Å². The van der Waals surface area contributed by atoms with Gasteiger partial charge in [0.05, 0.1) is 31.2 Å². The van der Waals surface area contributed by atoms with Crippen molar-refractivity contribution >= 4 is 47.3 Å². The molecule has 0 unspecified atom stereocenters. The highest BCUT2D eigenvalue weighted by atomic mass is 16.2. The second-order valence-corrected chi connectivity index (χ2v) is 23.0. The number of piperazine rings is 2. The summed E-state index contributed by atoms with van der Waals surface area (Å²) in [6, 6.07) is 14.6. The fraction of sp³-hybridized carbons (Fsp3) is 0.561. The van der Waals surface area contributed by atoms with E-state index in [9.17, 15) is 38.4 Å². The fourth-order valence-corrected chi connectivity index (χ4v) is 10.6. The van der Waals surface area contributed by atoms with Crippen LogP contribution in [0, 0.1) is 10.8 Å². The summed E-state index contributed by atoms with van der Waals surface area (Å²) in [7, 11) is 3.30. The van der Waals surface area contributed by atoms with Gasteiger partial charge in [0.15, 0.2) is 0 Å². The van der Waals surface area contributed by atoms with Crippen molar-refractivity contribution in [3.05, 3.63) is 100 Å². The van der Waals surface area contributed by atoms with Crippen LogP contribution in [0.25, 0.3) is 0 Å². The molecule has 19 nitrogen and oxygen atoms in total. The first-order valence-corrected chi connectivity index (χ1v) is 26.9. The van der Waals surface area contributed by atoms with Gasteiger partial charge in [0.2, 0.25) is 35.4 Å². The van der Waals surface area contributed by atoms with Crippen LogP contribution in [0.5, 0.6) is 0 Å². The van der Waals surface area contributed by atoms with E-state index in [0.29, 0.717) is 19.3 Å². The molecule has 3 aromatic rings. The number of nitrogens with one attached hydrogen (secondary N) is 6. The lowest BCUT2D eigenvalue weighted by Crippen LogP contribution is -2.67. The van der Waals surface area contributed by atoms with E-state index in [1.165, 1.54) is 37.3 Å². The average molecular weight is 1050 g/mol. The molecule has 19 heteroatoms. The summed E-state index contributed by atoms with van der Waals surface area (Å²) in [5.41, 5.74) is 2.88. The molecule has 2 aliphatic carbocycles. The third kappa shape index (κ3) is 13.1. The molecule has 0 spiro atoms. The van der Waals surface area contributed by atoms with Gasteiger partial charge in [-0.3, -0.25) is 38.4 Å². The molecule has 8 amide bonds. The molecule has 2 saturated heterocycles. The lowest BCUT2D eigenvalue weighted by Gasteiger charge is -2.44. The van der Waals surface area contributed by atoms with E-state index in [2.05, 4.69) is 43.0 Å². The molecule has 0 bridgehead atoms. The number of aromatic nitrogens is 1. The Labute approximate surface area is 447 Å². The second kappa shape index (κ2) is 24.1. The molecule has 0 saturated carbocycles. The third-order valence-corrected chi connectivity index (χ3v) is 15.5. The number of aryl methyl sites for hydroxylation is 2. The molecular weight excluding hydrogens is 967 g/mol. The number of amides is 8. The smallest absolute Gasteiger partial charge is 0.272 e. The number of rotatable bonds is 14. The van der Waals surface area contributed by atoms with E-state index < -0.39 is 82.5 Å². The van der Waals surface area contributed by atoms with Crippen LogP contribution in [0.4, 0.5) is 0 Å². The summed E-state index contributed by atoms with van der Waals surface area (Å²) in [6.07, 6.45) is 4.49. The molecule has 7 rings (SSSR count). The molecule has 410 valence electrons. The SMILES string of the molecule is CN[C@@H](C)C(=O)N[C@H](C(=O)N1CCN(C(=O)c2cccc(C(=O)N3CCN(C(=O)[C@@H](NC(=O)[C@H](C)NC)C(C)(C)C)[C@H](C(=O)N[C@@H]4CCCc5ccccc54)C3)n2)C[C@H]1C(=O)N[C@H]1CCc2ccccc2C1)C(C)(C)C. The highest BCUT2D eigenvalue weighted by molar-refractivity contribution is 5.99. The summed E-state index contributed by atoms with van der Waals surface area (Å²) >= 11 is 0. The number of nitrogens with zero attached hydrogens (tertiary/aromatic N) is 5. The summed E-state index contributed by atoms with van der Waals surface area (Å²) in [5, 5.41) is 18.0. The average Bonchev–Trinajstić information content (AvgIpc) is 3.41. The first-order valence-electron chi connectivity index (χ1n) is 26.9. The van der Waals surface area contributed by atoms with Crippen molar-refractivity contribution in [2.75, 3.05) is 53.4 Å². The van der Waals surface area contributed by atoms with Crippen LogP contribution in [0.3, 0.4) is 0 Å². The summed E-state index contributed by atoms with van der Waals surface area (Å²) in [6.45, 7) is 14.1. The number of benzene rings is 2. The van der Waals surface area contributed by atoms with Gasteiger partial charge in [-0.15, -0.1) is 0 Å². The van der Waals surface area contributed by atoms with E-state index in [1.807, 2.05) is 84.0 Å². The normalized spacial score (nSPS) is 21.4. The van der Waals surface area contributed by atoms with Gasteiger partial charge in [-0.25, -0.2) is 4.98 Å². The van der Waals surface area contributed by atoms with Crippen LogP contribution in [0.2, 0.25) is 0 Å². The van der Waals surface area contributed by atoms with Crippen LogP contribution in [0.1, 0.15) is 124 Å². The minimum atomic E-state index is -1.14. The lowest BCUT2D eigenvalue weighted by molar-refractivity contribution is -0.148. The first kappa shape index (κ1) is 57.0. The number of carbonyl (C=O) groups is 8. The second-order valence-electron chi connectivity index (χ2n) is 23.0. The van der Waals surface area contributed by atoms with Crippen LogP contribution in [0.15, 0.2) is 66.7 Å². The van der Waals surface area contributed by atoms with Gasteiger partial charge in [0, 0.05) is 32.2 Å². The van der Waals surface area contributed by atoms with Gasteiger partial charge in [0.25, 0.3) is 11.8 Å². The zero-order chi connectivity index (χ0) is 55.2. The predicted octanol–water partition coefficient (Wildman–Crippen LogP) is 2.53. The number of pyridine rings is 1. The Kier molecular flexibility index (Phi) is 18.1. The van der Waals surface area contributed by atoms with Crippen molar-refractivity contribution in [2.45, 2.75) is 142 Å². The van der Waals surface area contributed by atoms with Crippen LogP contribution in [-0.2, 0) is 48.0 Å². The van der Waals surface area contributed by atoms with E-state index >= 15 is 0 Å². The van der Waals surface area contributed by atoms with E-state index in [-0.39, 0.29) is 74.6 Å². The van der Waals surface area contributed by atoms with Gasteiger partial charge in [-0.1, -0.05) is 96.1 Å². The predicted molar refractivity (Wildman–Crippen MR) is 288 cm³/mol. The van der Waals surface area contributed by atoms with Gasteiger partial charge < -0.3 is 51.5 Å². The Hall–Kier alpha value is -6.73. The molecule has 2 fully saturated rings. The Morgan fingerprint density at radius 2 is 1.04 bits per heavy atom. The Balaban J connectivity index is 1.13. The number of carbonyl (C=O) groups excluding carboxylic acids is 8. The number of hydrogen-bond acceptors (Lipinski definition) is 11. The molecule has 6 N–H and O–H groups in total. The number of hydrogen-bond donors (Lipinski definition) is 6.